The smallest absolute Gasteiger partial charge is 0.257 e. The number of benzene rings is 1. The standard InChI is InChI=1S/C15H22N2O3/c1-2-19-13-8-5-7-12(16)14(13)15(18)17-10-11-6-3-4-9-20-11/h5,7-8,11H,2-4,6,9-10,16H2,1H3,(H,17,18). The fourth-order valence-electron chi connectivity index (χ4n) is 2.33. The molecular formula is C15H22N2O3. The van der Waals surface area contributed by atoms with Crippen molar-refractivity contribution in [3.63, 3.8) is 0 Å². The van der Waals surface area contributed by atoms with E-state index >= 15 is 0 Å². The monoisotopic (exact) mass is 278 g/mol. The summed E-state index contributed by atoms with van der Waals surface area (Å²) < 4.78 is 11.1. The zero-order chi connectivity index (χ0) is 14.4. The molecule has 0 aliphatic carbocycles. The third-order valence-electron chi connectivity index (χ3n) is 3.35. The van der Waals surface area contributed by atoms with Crippen molar-refractivity contribution in [2.45, 2.75) is 32.3 Å². The second-order valence-electron chi connectivity index (χ2n) is 4.85. The van der Waals surface area contributed by atoms with E-state index < -0.39 is 0 Å². The van der Waals surface area contributed by atoms with Crippen LogP contribution in [0.25, 0.3) is 0 Å². The second-order valence-corrected chi connectivity index (χ2v) is 4.85. The molecule has 1 heterocycles. The summed E-state index contributed by atoms with van der Waals surface area (Å²) in [5.41, 5.74) is 6.73. The summed E-state index contributed by atoms with van der Waals surface area (Å²) in [5.74, 6) is 0.315. The van der Waals surface area contributed by atoms with Gasteiger partial charge in [0.2, 0.25) is 0 Å². The molecule has 1 fully saturated rings. The van der Waals surface area contributed by atoms with Crippen LogP contribution >= 0.6 is 0 Å². The number of nitrogen functional groups attached to an aromatic ring is 1. The van der Waals surface area contributed by atoms with Gasteiger partial charge in [-0.15, -0.1) is 0 Å². The van der Waals surface area contributed by atoms with Crippen molar-refractivity contribution in [3.8, 4) is 5.75 Å². The van der Waals surface area contributed by atoms with Gasteiger partial charge in [0.15, 0.2) is 0 Å². The number of nitrogens with two attached hydrogens (primary N) is 1. The Bertz CT molecular complexity index is 456. The van der Waals surface area contributed by atoms with Crippen LogP contribution in [-0.4, -0.2) is 31.8 Å². The van der Waals surface area contributed by atoms with Crippen LogP contribution < -0.4 is 15.8 Å². The summed E-state index contributed by atoms with van der Waals surface area (Å²) in [6, 6.07) is 5.24. The first kappa shape index (κ1) is 14.7. The fraction of sp³-hybridized carbons (Fsp3) is 0.533. The highest BCUT2D eigenvalue weighted by Gasteiger charge is 2.19. The molecule has 1 saturated heterocycles. The Balaban J connectivity index is 2.00. The van der Waals surface area contributed by atoms with Gasteiger partial charge in [-0.05, 0) is 38.3 Å². The van der Waals surface area contributed by atoms with Gasteiger partial charge in [-0.3, -0.25) is 4.79 Å². The van der Waals surface area contributed by atoms with Crippen LogP contribution in [0.2, 0.25) is 0 Å². The summed E-state index contributed by atoms with van der Waals surface area (Å²) >= 11 is 0. The first-order chi connectivity index (χ1) is 9.72. The van der Waals surface area contributed by atoms with E-state index in [1.54, 1.807) is 18.2 Å². The highest BCUT2D eigenvalue weighted by atomic mass is 16.5. The molecule has 1 aliphatic rings. The molecule has 5 heteroatoms. The van der Waals surface area contributed by atoms with Crippen LogP contribution in [0.1, 0.15) is 36.5 Å². The van der Waals surface area contributed by atoms with E-state index in [1.807, 2.05) is 6.92 Å². The van der Waals surface area contributed by atoms with Crippen molar-refractivity contribution in [3.05, 3.63) is 23.8 Å². The molecule has 1 amide bonds. The lowest BCUT2D eigenvalue weighted by molar-refractivity contribution is 0.0169. The van der Waals surface area contributed by atoms with Gasteiger partial charge >= 0.3 is 0 Å². The molecular weight excluding hydrogens is 256 g/mol. The van der Waals surface area contributed by atoms with E-state index in [-0.39, 0.29) is 12.0 Å². The number of amides is 1. The van der Waals surface area contributed by atoms with Gasteiger partial charge < -0.3 is 20.5 Å². The highest BCUT2D eigenvalue weighted by molar-refractivity contribution is 6.01. The quantitative estimate of drug-likeness (QED) is 0.808. The summed E-state index contributed by atoms with van der Waals surface area (Å²) in [6.45, 7) is 3.66. The summed E-state index contributed by atoms with van der Waals surface area (Å²) in [6.07, 6.45) is 3.35. The molecule has 1 atom stereocenters. The zero-order valence-corrected chi connectivity index (χ0v) is 11.9. The number of ether oxygens (including phenoxy) is 2. The van der Waals surface area contributed by atoms with Crippen molar-refractivity contribution >= 4 is 11.6 Å². The predicted octanol–water partition coefficient (Wildman–Crippen LogP) is 1.97. The van der Waals surface area contributed by atoms with Gasteiger partial charge in [-0.2, -0.15) is 0 Å². The van der Waals surface area contributed by atoms with Crippen LogP contribution in [-0.2, 0) is 4.74 Å². The van der Waals surface area contributed by atoms with Gasteiger partial charge in [-0.25, -0.2) is 0 Å². The Labute approximate surface area is 119 Å². The Morgan fingerprint density at radius 3 is 3.05 bits per heavy atom. The normalized spacial score (nSPS) is 18.6. The first-order valence-electron chi connectivity index (χ1n) is 7.13. The summed E-state index contributed by atoms with van der Waals surface area (Å²) in [4.78, 5) is 12.3. The van der Waals surface area contributed by atoms with E-state index in [2.05, 4.69) is 5.32 Å². The number of anilines is 1. The van der Waals surface area contributed by atoms with E-state index in [4.69, 9.17) is 15.2 Å². The molecule has 0 radical (unpaired) electrons. The van der Waals surface area contributed by atoms with Gasteiger partial charge in [-0.1, -0.05) is 6.07 Å². The molecule has 5 nitrogen and oxygen atoms in total. The van der Waals surface area contributed by atoms with Crippen molar-refractivity contribution in [2.75, 3.05) is 25.5 Å². The number of carbonyl (C=O) groups is 1. The third kappa shape index (κ3) is 3.63. The lowest BCUT2D eigenvalue weighted by atomic mass is 10.1. The average Bonchev–Trinajstić information content (AvgIpc) is 2.46. The molecule has 3 N–H and O–H groups in total. The second kappa shape index (κ2) is 7.14. The number of rotatable bonds is 5. The Morgan fingerprint density at radius 1 is 1.50 bits per heavy atom. The Kier molecular flexibility index (Phi) is 5.24. The summed E-state index contributed by atoms with van der Waals surface area (Å²) in [5, 5.41) is 2.88. The minimum atomic E-state index is -0.208. The van der Waals surface area contributed by atoms with Crippen LogP contribution in [0.3, 0.4) is 0 Å². The number of hydrogen-bond acceptors (Lipinski definition) is 4. The van der Waals surface area contributed by atoms with E-state index in [9.17, 15) is 4.79 Å². The Hall–Kier alpha value is -1.75. The average molecular weight is 278 g/mol. The van der Waals surface area contributed by atoms with Crippen molar-refractivity contribution in [1.29, 1.82) is 0 Å². The molecule has 0 saturated carbocycles. The molecule has 110 valence electrons. The van der Waals surface area contributed by atoms with Crippen molar-refractivity contribution in [1.82, 2.24) is 5.32 Å². The lowest BCUT2D eigenvalue weighted by Crippen LogP contribution is -2.35. The molecule has 0 bridgehead atoms. The van der Waals surface area contributed by atoms with E-state index in [1.165, 1.54) is 0 Å². The maximum atomic E-state index is 12.3. The number of nitrogens with one attached hydrogen (secondary N) is 1. The maximum absolute atomic E-state index is 12.3. The molecule has 20 heavy (non-hydrogen) atoms. The van der Waals surface area contributed by atoms with Crippen molar-refractivity contribution < 1.29 is 14.3 Å². The van der Waals surface area contributed by atoms with E-state index in [0.29, 0.717) is 30.2 Å². The van der Waals surface area contributed by atoms with Gasteiger partial charge in [0, 0.05) is 18.8 Å². The van der Waals surface area contributed by atoms with Crippen molar-refractivity contribution in [2.24, 2.45) is 0 Å². The zero-order valence-electron chi connectivity index (χ0n) is 11.9. The van der Waals surface area contributed by atoms with Crippen LogP contribution in [0.5, 0.6) is 5.75 Å². The fourth-order valence-corrected chi connectivity index (χ4v) is 2.33. The topological polar surface area (TPSA) is 73.6 Å². The molecule has 1 aliphatic heterocycles. The molecule has 1 aromatic rings. The first-order valence-corrected chi connectivity index (χ1v) is 7.13. The van der Waals surface area contributed by atoms with Crippen LogP contribution in [0.4, 0.5) is 5.69 Å². The van der Waals surface area contributed by atoms with Gasteiger partial charge in [0.05, 0.1) is 12.7 Å². The predicted molar refractivity (Wildman–Crippen MR) is 77.9 cm³/mol. The van der Waals surface area contributed by atoms with Crippen LogP contribution in [0.15, 0.2) is 18.2 Å². The third-order valence-corrected chi connectivity index (χ3v) is 3.35. The van der Waals surface area contributed by atoms with Crippen LogP contribution in [0, 0.1) is 0 Å². The minimum absolute atomic E-state index is 0.105. The van der Waals surface area contributed by atoms with Gasteiger partial charge in [0.25, 0.3) is 5.91 Å². The lowest BCUT2D eigenvalue weighted by Gasteiger charge is -2.23. The molecule has 2 rings (SSSR count). The summed E-state index contributed by atoms with van der Waals surface area (Å²) in [7, 11) is 0. The Morgan fingerprint density at radius 2 is 2.35 bits per heavy atom. The SMILES string of the molecule is CCOc1cccc(N)c1C(=O)NCC1CCCCO1. The molecule has 0 spiro atoms. The number of hydrogen-bond donors (Lipinski definition) is 2. The molecule has 0 aromatic heterocycles. The maximum Gasteiger partial charge on any atom is 0.257 e. The van der Waals surface area contributed by atoms with E-state index in [0.717, 1.165) is 25.9 Å². The highest BCUT2D eigenvalue weighted by Crippen LogP contribution is 2.24. The minimum Gasteiger partial charge on any atom is -0.493 e. The molecule has 1 aromatic carbocycles. The number of carbonyl (C=O) groups excluding carboxylic acids is 1. The molecule has 1 unspecified atom stereocenters. The van der Waals surface area contributed by atoms with Gasteiger partial charge in [0.1, 0.15) is 11.3 Å². The largest absolute Gasteiger partial charge is 0.493 e.